The maximum atomic E-state index is 14.0. The molecule has 1 saturated carbocycles. The fraction of sp³-hybridized carbons (Fsp3) is 0.394. The average molecular weight is 759 g/mol. The van der Waals surface area contributed by atoms with Crippen LogP contribution in [0.3, 0.4) is 0 Å². The predicted molar refractivity (Wildman–Crippen MR) is 178 cm³/mol. The molecule has 1 aromatic carbocycles. The van der Waals surface area contributed by atoms with Crippen LogP contribution in [0.5, 0.6) is 0 Å². The van der Waals surface area contributed by atoms with Crippen LogP contribution >= 0.6 is 11.6 Å². The van der Waals surface area contributed by atoms with Crippen LogP contribution in [0, 0.1) is 11.8 Å². The summed E-state index contributed by atoms with van der Waals surface area (Å²) < 4.78 is 44.4. The number of likely N-dealkylation sites (tertiary alicyclic amines) is 2. The number of benzene rings is 1. The molecular formula is C33H34ClF3N10O6. The molecule has 3 amide bonds. The van der Waals surface area contributed by atoms with E-state index in [1.807, 2.05) is 19.0 Å². The van der Waals surface area contributed by atoms with Gasteiger partial charge in [0.05, 0.1) is 42.1 Å². The van der Waals surface area contributed by atoms with Crippen molar-refractivity contribution in [1.82, 2.24) is 39.5 Å². The van der Waals surface area contributed by atoms with Gasteiger partial charge in [0.15, 0.2) is 17.6 Å². The monoisotopic (exact) mass is 758 g/mol. The number of hydrogen-bond donors (Lipinski definition) is 3. The lowest BCUT2D eigenvalue weighted by Crippen LogP contribution is -2.53. The quantitative estimate of drug-likeness (QED) is 0.179. The standard InChI is InChI=1S/C32H32ClF3N10O4.CH2O2/c1-43-23(21-14-45(31-37-7-4-8-38-31)42-26(21)32(34,35)36)11-39-27(43)29(49)40-16-5-6-18(22(33)9-16)28(48)41-25-19-12-44(13-20(19)25)30(50)24-10-17(47)15-46(24,2)3;2-1-3/h4-9,11,14,17,19-20,24-25,47H,10,12-13,15H2,1-3H3,(H-,40,41,48,49);1H,(H,2,3)/t17-,19-,20+,24+,25?;/m0./s1. The largest absolute Gasteiger partial charge is 0.554 e. The summed E-state index contributed by atoms with van der Waals surface area (Å²) in [6.45, 7) is 1.11. The number of carboxylic acid groups (broad SMARTS) is 1. The fourth-order valence-electron chi connectivity index (χ4n) is 7.17. The summed E-state index contributed by atoms with van der Waals surface area (Å²) in [7, 11) is 5.30. The van der Waals surface area contributed by atoms with Crippen LogP contribution in [0.4, 0.5) is 18.9 Å². The molecule has 5 atom stereocenters. The number of carbonyl (C=O) groups is 4. The van der Waals surface area contributed by atoms with E-state index in [9.17, 15) is 32.7 Å². The van der Waals surface area contributed by atoms with Gasteiger partial charge in [-0.15, -0.1) is 0 Å². The van der Waals surface area contributed by atoms with Crippen LogP contribution in [0.25, 0.3) is 17.2 Å². The Balaban J connectivity index is 0.00000155. The molecule has 280 valence electrons. The van der Waals surface area contributed by atoms with Gasteiger partial charge in [0.1, 0.15) is 12.6 Å². The third-order valence-electron chi connectivity index (χ3n) is 9.79. The van der Waals surface area contributed by atoms with E-state index in [1.165, 1.54) is 48.3 Å². The molecule has 0 radical (unpaired) electrons. The Labute approximate surface area is 304 Å². The van der Waals surface area contributed by atoms with E-state index >= 15 is 0 Å². The number of nitrogens with zero attached hydrogens (tertiary/aromatic N) is 8. The van der Waals surface area contributed by atoms with Crippen molar-refractivity contribution >= 4 is 41.5 Å². The molecule has 4 aromatic rings. The highest BCUT2D eigenvalue weighted by molar-refractivity contribution is 6.34. The Bertz CT molecular complexity index is 2040. The van der Waals surface area contributed by atoms with Gasteiger partial charge in [-0.05, 0) is 24.3 Å². The first-order valence-electron chi connectivity index (χ1n) is 16.3. The summed E-state index contributed by atoms with van der Waals surface area (Å²) in [6, 6.07) is 5.48. The topological polar surface area (TPSA) is 200 Å². The normalized spacial score (nSPS) is 22.7. The number of rotatable bonds is 7. The summed E-state index contributed by atoms with van der Waals surface area (Å²) in [6.07, 6.45) is 0.124. The van der Waals surface area contributed by atoms with Gasteiger partial charge in [0, 0.05) is 75.2 Å². The van der Waals surface area contributed by atoms with Crippen molar-refractivity contribution < 1.29 is 47.0 Å². The van der Waals surface area contributed by atoms with Gasteiger partial charge in [0.25, 0.3) is 17.7 Å². The van der Waals surface area contributed by atoms with Crippen LogP contribution in [0.15, 0.2) is 49.1 Å². The summed E-state index contributed by atoms with van der Waals surface area (Å²) in [5.74, 6) is -1.06. The Kier molecular flexibility index (Phi) is 10.0. The number of piperidine rings is 1. The molecule has 16 nitrogen and oxygen atoms in total. The van der Waals surface area contributed by atoms with Crippen LogP contribution < -0.4 is 15.7 Å². The van der Waals surface area contributed by atoms with Gasteiger partial charge in [-0.1, -0.05) is 11.6 Å². The van der Waals surface area contributed by atoms with Crippen LogP contribution in [-0.2, 0) is 22.8 Å². The molecule has 3 aliphatic rings. The number of aliphatic hydroxyl groups excluding tert-OH is 1. The van der Waals surface area contributed by atoms with E-state index in [1.54, 1.807) is 0 Å². The summed E-state index contributed by atoms with van der Waals surface area (Å²) in [5.41, 5.74) is -1.11. The van der Waals surface area contributed by atoms with Gasteiger partial charge in [-0.3, -0.25) is 14.4 Å². The van der Waals surface area contributed by atoms with Crippen molar-refractivity contribution in [3.63, 3.8) is 0 Å². The summed E-state index contributed by atoms with van der Waals surface area (Å²) in [4.78, 5) is 61.5. The van der Waals surface area contributed by atoms with Crippen LogP contribution in [-0.4, -0.2) is 120 Å². The lowest BCUT2D eigenvalue weighted by atomic mass is 10.1. The molecule has 2 saturated heterocycles. The van der Waals surface area contributed by atoms with E-state index in [0.29, 0.717) is 30.5 Å². The average Bonchev–Trinajstić information content (AvgIpc) is 3.61. The number of hydrogen-bond acceptors (Lipinski definition) is 10. The van der Waals surface area contributed by atoms with Gasteiger partial charge in [-0.25, -0.2) is 19.6 Å². The van der Waals surface area contributed by atoms with Gasteiger partial charge in [0.2, 0.25) is 5.95 Å². The second kappa shape index (κ2) is 14.2. The maximum Gasteiger partial charge on any atom is 0.435 e. The smallest absolute Gasteiger partial charge is 0.435 e. The number of quaternary nitrogens is 1. The fourth-order valence-corrected chi connectivity index (χ4v) is 7.43. The molecule has 3 aromatic heterocycles. The third kappa shape index (κ3) is 7.44. The van der Waals surface area contributed by atoms with Crippen LogP contribution in [0.2, 0.25) is 5.02 Å². The highest BCUT2D eigenvalue weighted by Gasteiger charge is 2.59. The zero-order valence-corrected chi connectivity index (χ0v) is 29.2. The molecule has 7 rings (SSSR count). The second-order valence-corrected chi connectivity index (χ2v) is 14.0. The number of halogens is 4. The molecule has 2 aliphatic heterocycles. The first-order chi connectivity index (χ1) is 25.0. The van der Waals surface area contributed by atoms with E-state index in [2.05, 4.69) is 30.7 Å². The summed E-state index contributed by atoms with van der Waals surface area (Å²) in [5, 5.41) is 27.7. The number of aliphatic hydroxyl groups is 1. The minimum atomic E-state index is -4.82. The highest BCUT2D eigenvalue weighted by Crippen LogP contribution is 2.46. The molecular weight excluding hydrogens is 725 g/mol. The molecule has 3 fully saturated rings. The van der Waals surface area contributed by atoms with Crippen molar-refractivity contribution in [2.75, 3.05) is 39.0 Å². The number of carbonyl (C=O) groups excluding carboxylic acids is 4. The van der Waals surface area contributed by atoms with Crippen molar-refractivity contribution in [3.05, 3.63) is 71.2 Å². The Hall–Kier alpha value is -5.40. The third-order valence-corrected chi connectivity index (χ3v) is 10.1. The molecule has 3 N–H and O–H groups in total. The Morgan fingerprint density at radius 1 is 1.09 bits per heavy atom. The van der Waals surface area contributed by atoms with E-state index in [4.69, 9.17) is 21.5 Å². The molecule has 20 heteroatoms. The minimum absolute atomic E-state index is 0.0209. The molecule has 5 heterocycles. The van der Waals surface area contributed by atoms with Crippen molar-refractivity contribution in [1.29, 1.82) is 0 Å². The van der Waals surface area contributed by atoms with Gasteiger partial charge in [-0.2, -0.15) is 18.3 Å². The summed E-state index contributed by atoms with van der Waals surface area (Å²) >= 11 is 6.45. The second-order valence-electron chi connectivity index (χ2n) is 13.6. The minimum Gasteiger partial charge on any atom is -0.554 e. The van der Waals surface area contributed by atoms with Crippen molar-refractivity contribution in [2.24, 2.45) is 18.9 Å². The molecule has 0 spiro atoms. The number of fused-ring (bicyclic) bond motifs is 1. The highest BCUT2D eigenvalue weighted by atomic mass is 35.5. The number of anilines is 1. The number of nitrogens with one attached hydrogen (secondary N) is 2. The number of imidazole rings is 1. The first kappa shape index (κ1) is 37.4. The van der Waals surface area contributed by atoms with Crippen molar-refractivity contribution in [2.45, 2.75) is 30.8 Å². The van der Waals surface area contributed by atoms with E-state index in [-0.39, 0.29) is 69.1 Å². The zero-order valence-electron chi connectivity index (χ0n) is 28.5. The van der Waals surface area contributed by atoms with E-state index in [0.717, 1.165) is 17.1 Å². The van der Waals surface area contributed by atoms with Gasteiger partial charge < -0.3 is 39.6 Å². The lowest BCUT2D eigenvalue weighted by molar-refractivity contribution is -0.894. The lowest BCUT2D eigenvalue weighted by Gasteiger charge is -2.33. The number of aromatic nitrogens is 6. The predicted octanol–water partition coefficient (Wildman–Crippen LogP) is 0.750. The Morgan fingerprint density at radius 2 is 1.75 bits per heavy atom. The van der Waals surface area contributed by atoms with Crippen LogP contribution in [0.1, 0.15) is 33.1 Å². The van der Waals surface area contributed by atoms with E-state index < -0.39 is 36.3 Å². The molecule has 1 unspecified atom stereocenters. The number of likely N-dealkylation sites (N-methyl/N-ethyl adjacent to an activating group) is 1. The molecule has 1 aliphatic carbocycles. The van der Waals surface area contributed by atoms with Crippen molar-refractivity contribution in [3.8, 4) is 17.2 Å². The number of alkyl halides is 3. The Morgan fingerprint density at radius 3 is 2.34 bits per heavy atom. The molecule has 0 bridgehead atoms. The molecule has 53 heavy (non-hydrogen) atoms. The SMILES string of the molecule is Cn1c(-c2cn(-c3ncccn3)nc2C(F)(F)F)cnc1C(=O)Nc1ccc(C(=O)NC2[C@H]3CN(C(=O)[C@H]4C[C@H](O)C[N+]4(C)C)C[C@@H]23)c(Cl)c1.O=C[O-]. The zero-order chi connectivity index (χ0) is 38.4. The van der Waals surface area contributed by atoms with Gasteiger partial charge >= 0.3 is 6.18 Å². The first-order valence-corrected chi connectivity index (χ1v) is 16.6. The maximum absolute atomic E-state index is 14.0. The number of amides is 3.